The fraction of sp³-hybridized carbons (Fsp3) is 0.286. The lowest BCUT2D eigenvalue weighted by Gasteiger charge is -2.08. The predicted octanol–water partition coefficient (Wildman–Crippen LogP) is 1.96. The molecule has 5 heteroatoms. The molecule has 1 aromatic heterocycles. The first-order chi connectivity index (χ1) is 9.20. The van der Waals surface area contributed by atoms with Crippen molar-refractivity contribution in [3.8, 4) is 5.75 Å². The number of benzene rings is 1. The van der Waals surface area contributed by atoms with Crippen molar-refractivity contribution in [2.75, 3.05) is 13.7 Å². The fourth-order valence-electron chi connectivity index (χ4n) is 1.77. The van der Waals surface area contributed by atoms with Crippen LogP contribution in [-0.4, -0.2) is 24.5 Å². The average Bonchev–Trinajstić information content (AvgIpc) is 2.86. The highest BCUT2D eigenvalue weighted by Crippen LogP contribution is 2.17. The maximum Gasteiger partial charge on any atom is 0.288 e. The van der Waals surface area contributed by atoms with Crippen molar-refractivity contribution in [2.45, 2.75) is 13.3 Å². The maximum atomic E-state index is 11.7. The van der Waals surface area contributed by atoms with Gasteiger partial charge in [-0.2, -0.15) is 0 Å². The molecule has 0 radical (unpaired) electrons. The Bertz CT molecular complexity index is 563. The summed E-state index contributed by atoms with van der Waals surface area (Å²) in [5, 5.41) is 2.78. The minimum atomic E-state index is -0.254. The summed E-state index contributed by atoms with van der Waals surface area (Å²) in [6, 6.07) is 7.73. The van der Waals surface area contributed by atoms with Crippen LogP contribution in [-0.2, 0) is 6.42 Å². The SMILES string of the molecule is COc1ccccc1CCNC(=O)c1cnc(C)o1. The Morgan fingerprint density at radius 3 is 2.89 bits per heavy atom. The Kier molecular flexibility index (Phi) is 4.18. The molecule has 0 fully saturated rings. The number of para-hydroxylation sites is 1. The van der Waals surface area contributed by atoms with Crippen molar-refractivity contribution in [2.24, 2.45) is 0 Å². The normalized spacial score (nSPS) is 10.2. The van der Waals surface area contributed by atoms with E-state index in [0.29, 0.717) is 18.9 Å². The standard InChI is InChI=1S/C14H16N2O3/c1-10-16-9-13(19-10)14(17)15-8-7-11-5-3-4-6-12(11)18-2/h3-6,9H,7-8H2,1-2H3,(H,15,17). The molecule has 0 aliphatic heterocycles. The molecule has 2 aromatic rings. The molecule has 0 bridgehead atoms. The highest BCUT2D eigenvalue weighted by molar-refractivity contribution is 5.91. The summed E-state index contributed by atoms with van der Waals surface area (Å²) in [4.78, 5) is 15.6. The van der Waals surface area contributed by atoms with E-state index >= 15 is 0 Å². The fourth-order valence-corrected chi connectivity index (χ4v) is 1.77. The van der Waals surface area contributed by atoms with Crippen molar-refractivity contribution in [1.29, 1.82) is 0 Å². The quantitative estimate of drug-likeness (QED) is 0.892. The zero-order chi connectivity index (χ0) is 13.7. The van der Waals surface area contributed by atoms with Gasteiger partial charge in [0.25, 0.3) is 5.91 Å². The van der Waals surface area contributed by atoms with Gasteiger partial charge in [0.15, 0.2) is 5.89 Å². The van der Waals surface area contributed by atoms with Gasteiger partial charge in [0.05, 0.1) is 13.3 Å². The van der Waals surface area contributed by atoms with Crippen LogP contribution in [0.4, 0.5) is 0 Å². The predicted molar refractivity (Wildman–Crippen MR) is 70.3 cm³/mol. The van der Waals surface area contributed by atoms with Crippen molar-refractivity contribution in [3.63, 3.8) is 0 Å². The Balaban J connectivity index is 1.88. The van der Waals surface area contributed by atoms with E-state index in [1.54, 1.807) is 14.0 Å². The lowest BCUT2D eigenvalue weighted by atomic mass is 10.1. The molecule has 0 unspecified atom stereocenters. The van der Waals surface area contributed by atoms with E-state index in [4.69, 9.17) is 9.15 Å². The Labute approximate surface area is 111 Å². The smallest absolute Gasteiger partial charge is 0.288 e. The molecule has 100 valence electrons. The summed E-state index contributed by atoms with van der Waals surface area (Å²) < 4.78 is 10.4. The highest BCUT2D eigenvalue weighted by Gasteiger charge is 2.10. The van der Waals surface area contributed by atoms with Crippen LogP contribution in [0.1, 0.15) is 22.0 Å². The van der Waals surface area contributed by atoms with Crippen molar-refractivity contribution in [3.05, 3.63) is 47.7 Å². The summed E-state index contributed by atoms with van der Waals surface area (Å²) in [5.74, 6) is 1.29. The van der Waals surface area contributed by atoms with Crippen LogP contribution in [0.2, 0.25) is 0 Å². The number of amides is 1. The lowest BCUT2D eigenvalue weighted by Crippen LogP contribution is -2.25. The van der Waals surface area contributed by atoms with Gasteiger partial charge in [-0.3, -0.25) is 4.79 Å². The monoisotopic (exact) mass is 260 g/mol. The topological polar surface area (TPSA) is 64.4 Å². The Hall–Kier alpha value is -2.30. The summed E-state index contributed by atoms with van der Waals surface area (Å²) in [6.45, 7) is 2.21. The molecular weight excluding hydrogens is 244 g/mol. The molecular formula is C14H16N2O3. The number of oxazole rings is 1. The largest absolute Gasteiger partial charge is 0.496 e. The Morgan fingerprint density at radius 1 is 1.42 bits per heavy atom. The van der Waals surface area contributed by atoms with Crippen LogP contribution in [0, 0.1) is 6.92 Å². The molecule has 1 N–H and O–H groups in total. The van der Waals surface area contributed by atoms with Gasteiger partial charge < -0.3 is 14.5 Å². The molecule has 1 amide bonds. The number of rotatable bonds is 5. The van der Waals surface area contributed by atoms with Gasteiger partial charge in [0.1, 0.15) is 5.75 Å². The first-order valence-corrected chi connectivity index (χ1v) is 6.03. The molecule has 0 spiro atoms. The number of hydrogen-bond acceptors (Lipinski definition) is 4. The van der Waals surface area contributed by atoms with Crippen LogP contribution in [0.3, 0.4) is 0 Å². The second-order valence-corrected chi connectivity index (χ2v) is 4.06. The number of methoxy groups -OCH3 is 1. The van der Waals surface area contributed by atoms with Gasteiger partial charge in [0, 0.05) is 13.5 Å². The number of ether oxygens (including phenoxy) is 1. The molecule has 1 aromatic carbocycles. The number of nitrogens with one attached hydrogen (secondary N) is 1. The van der Waals surface area contributed by atoms with E-state index in [1.165, 1.54) is 6.20 Å². The summed E-state index contributed by atoms with van der Waals surface area (Å²) in [7, 11) is 1.63. The van der Waals surface area contributed by atoms with Crippen LogP contribution in [0.5, 0.6) is 5.75 Å². The minimum absolute atomic E-state index is 0.234. The van der Waals surface area contributed by atoms with Gasteiger partial charge in [-0.1, -0.05) is 18.2 Å². The van der Waals surface area contributed by atoms with E-state index in [1.807, 2.05) is 24.3 Å². The van der Waals surface area contributed by atoms with E-state index in [9.17, 15) is 4.79 Å². The molecule has 0 atom stereocenters. The third kappa shape index (κ3) is 3.34. The van der Waals surface area contributed by atoms with Gasteiger partial charge in [-0.15, -0.1) is 0 Å². The second-order valence-electron chi connectivity index (χ2n) is 4.06. The minimum Gasteiger partial charge on any atom is -0.496 e. The molecule has 1 heterocycles. The maximum absolute atomic E-state index is 11.7. The molecule has 0 aliphatic carbocycles. The number of nitrogens with zero attached hydrogens (tertiary/aromatic N) is 1. The van der Waals surface area contributed by atoms with Crippen molar-refractivity contribution < 1.29 is 13.9 Å². The Morgan fingerprint density at radius 2 is 2.21 bits per heavy atom. The number of hydrogen-bond donors (Lipinski definition) is 1. The molecule has 0 saturated heterocycles. The van der Waals surface area contributed by atoms with E-state index < -0.39 is 0 Å². The first kappa shape index (κ1) is 13.1. The summed E-state index contributed by atoms with van der Waals surface area (Å²) >= 11 is 0. The van der Waals surface area contributed by atoms with Crippen molar-refractivity contribution in [1.82, 2.24) is 10.3 Å². The van der Waals surface area contributed by atoms with E-state index in [0.717, 1.165) is 11.3 Å². The van der Waals surface area contributed by atoms with Gasteiger partial charge in [-0.25, -0.2) is 4.98 Å². The first-order valence-electron chi connectivity index (χ1n) is 6.03. The third-order valence-electron chi connectivity index (χ3n) is 2.72. The van der Waals surface area contributed by atoms with Crippen LogP contribution in [0.15, 0.2) is 34.9 Å². The zero-order valence-corrected chi connectivity index (χ0v) is 11.0. The molecule has 5 nitrogen and oxygen atoms in total. The molecule has 0 aliphatic rings. The van der Waals surface area contributed by atoms with Crippen LogP contribution in [0.25, 0.3) is 0 Å². The summed E-state index contributed by atoms with van der Waals surface area (Å²) in [6.07, 6.45) is 2.12. The third-order valence-corrected chi connectivity index (χ3v) is 2.72. The van der Waals surface area contributed by atoms with Crippen LogP contribution >= 0.6 is 0 Å². The van der Waals surface area contributed by atoms with E-state index in [-0.39, 0.29) is 11.7 Å². The second kappa shape index (κ2) is 6.04. The number of carbonyl (C=O) groups is 1. The summed E-state index contributed by atoms with van der Waals surface area (Å²) in [5.41, 5.74) is 1.05. The van der Waals surface area contributed by atoms with Gasteiger partial charge in [-0.05, 0) is 18.1 Å². The van der Waals surface area contributed by atoms with Gasteiger partial charge >= 0.3 is 0 Å². The molecule has 2 rings (SSSR count). The van der Waals surface area contributed by atoms with E-state index in [2.05, 4.69) is 10.3 Å². The van der Waals surface area contributed by atoms with Crippen molar-refractivity contribution >= 4 is 5.91 Å². The average molecular weight is 260 g/mol. The van der Waals surface area contributed by atoms with Crippen LogP contribution < -0.4 is 10.1 Å². The lowest BCUT2D eigenvalue weighted by molar-refractivity contribution is 0.0925. The number of aryl methyl sites for hydroxylation is 1. The zero-order valence-electron chi connectivity index (χ0n) is 11.0. The number of carbonyl (C=O) groups excluding carboxylic acids is 1. The molecule has 0 saturated carbocycles. The highest BCUT2D eigenvalue weighted by atomic mass is 16.5. The molecule has 19 heavy (non-hydrogen) atoms. The number of aromatic nitrogens is 1. The van der Waals surface area contributed by atoms with Gasteiger partial charge in [0.2, 0.25) is 5.76 Å².